The summed E-state index contributed by atoms with van der Waals surface area (Å²) >= 11 is 0. The normalized spacial score (nSPS) is 28.1. The van der Waals surface area contributed by atoms with Crippen LogP contribution in [0.1, 0.15) is 38.5 Å². The summed E-state index contributed by atoms with van der Waals surface area (Å²) in [5, 5.41) is 17.0. The first kappa shape index (κ1) is 10.4. The summed E-state index contributed by atoms with van der Waals surface area (Å²) in [6.07, 6.45) is 6.96. The van der Waals surface area contributed by atoms with Gasteiger partial charge in [-0.1, -0.05) is 25.7 Å². The smallest absolute Gasteiger partial charge is 0.0771 e. The van der Waals surface area contributed by atoms with E-state index in [4.69, 9.17) is 0 Å². The molecule has 1 aliphatic carbocycles. The number of aliphatic hydroxyl groups is 1. The summed E-state index contributed by atoms with van der Waals surface area (Å²) in [4.78, 5) is 0. The van der Waals surface area contributed by atoms with Gasteiger partial charge in [0.1, 0.15) is 0 Å². The van der Waals surface area contributed by atoms with Crippen molar-refractivity contribution in [1.82, 2.24) is 10.6 Å². The molecule has 0 spiro atoms. The molecule has 0 amide bonds. The number of hydrogen-bond acceptors (Lipinski definition) is 3. The summed E-state index contributed by atoms with van der Waals surface area (Å²) in [6, 6.07) is 0.599. The van der Waals surface area contributed by atoms with Crippen molar-refractivity contribution in [2.45, 2.75) is 50.2 Å². The predicted molar refractivity (Wildman–Crippen MR) is 57.3 cm³/mol. The van der Waals surface area contributed by atoms with Crippen molar-refractivity contribution in [3.05, 3.63) is 0 Å². The highest BCUT2D eigenvalue weighted by Gasteiger charge is 2.29. The summed E-state index contributed by atoms with van der Waals surface area (Å²) < 4.78 is 0. The minimum Gasteiger partial charge on any atom is -0.389 e. The molecule has 0 aromatic heterocycles. The lowest BCUT2D eigenvalue weighted by atomic mass is 9.94. The lowest BCUT2D eigenvalue weighted by molar-refractivity contribution is 0.0211. The summed E-state index contributed by atoms with van der Waals surface area (Å²) in [7, 11) is 0. The van der Waals surface area contributed by atoms with E-state index in [9.17, 15) is 5.11 Å². The van der Waals surface area contributed by atoms with Crippen LogP contribution >= 0.6 is 0 Å². The molecule has 1 saturated carbocycles. The van der Waals surface area contributed by atoms with Gasteiger partial charge in [-0.15, -0.1) is 0 Å². The molecule has 82 valence electrons. The average molecular weight is 198 g/mol. The van der Waals surface area contributed by atoms with Crippen molar-refractivity contribution >= 4 is 0 Å². The van der Waals surface area contributed by atoms with Crippen molar-refractivity contribution in [3.63, 3.8) is 0 Å². The first-order valence-corrected chi connectivity index (χ1v) is 5.95. The van der Waals surface area contributed by atoms with Gasteiger partial charge in [0.25, 0.3) is 0 Å². The topological polar surface area (TPSA) is 44.3 Å². The summed E-state index contributed by atoms with van der Waals surface area (Å²) in [5.74, 6) is 0. The third kappa shape index (κ3) is 2.69. The minimum atomic E-state index is -0.411. The van der Waals surface area contributed by atoms with Crippen LogP contribution in [0.5, 0.6) is 0 Å². The van der Waals surface area contributed by atoms with Gasteiger partial charge in [-0.3, -0.25) is 0 Å². The van der Waals surface area contributed by atoms with Gasteiger partial charge in [0.05, 0.1) is 5.60 Å². The van der Waals surface area contributed by atoms with Crippen LogP contribution in [-0.4, -0.2) is 36.4 Å². The highest BCUT2D eigenvalue weighted by molar-refractivity contribution is 4.88. The largest absolute Gasteiger partial charge is 0.389 e. The van der Waals surface area contributed by atoms with E-state index >= 15 is 0 Å². The first-order chi connectivity index (χ1) is 6.79. The van der Waals surface area contributed by atoms with Crippen LogP contribution in [-0.2, 0) is 0 Å². The molecule has 2 fully saturated rings. The Morgan fingerprint density at radius 1 is 1.14 bits per heavy atom. The molecule has 0 unspecified atom stereocenters. The number of nitrogens with one attached hydrogen (secondary N) is 2. The van der Waals surface area contributed by atoms with Gasteiger partial charge in [0.2, 0.25) is 0 Å². The molecule has 1 aliphatic heterocycles. The fraction of sp³-hybridized carbons (Fsp3) is 1.00. The Morgan fingerprint density at radius 3 is 2.29 bits per heavy atom. The lowest BCUT2D eigenvalue weighted by Crippen LogP contribution is -2.58. The standard InChI is InChI=1S/C11H22N2O/c14-11(5-3-1-2-4-6-11)9-13-10-7-12-8-10/h10,12-14H,1-9H2. The second kappa shape index (κ2) is 4.60. The molecule has 3 N–H and O–H groups in total. The molecule has 14 heavy (non-hydrogen) atoms. The molecule has 2 aliphatic rings. The van der Waals surface area contributed by atoms with Gasteiger partial charge in [-0.25, -0.2) is 0 Å². The molecule has 3 nitrogen and oxygen atoms in total. The monoisotopic (exact) mass is 198 g/mol. The van der Waals surface area contributed by atoms with E-state index in [1.54, 1.807) is 0 Å². The maximum absolute atomic E-state index is 10.3. The van der Waals surface area contributed by atoms with E-state index in [0.29, 0.717) is 6.04 Å². The van der Waals surface area contributed by atoms with E-state index < -0.39 is 5.60 Å². The quantitative estimate of drug-likeness (QED) is 0.583. The Labute approximate surface area is 86.3 Å². The minimum absolute atomic E-state index is 0.411. The van der Waals surface area contributed by atoms with Crippen LogP contribution in [0.2, 0.25) is 0 Å². The van der Waals surface area contributed by atoms with Crippen LogP contribution in [0.25, 0.3) is 0 Å². The fourth-order valence-electron chi connectivity index (χ4n) is 2.33. The van der Waals surface area contributed by atoms with Crippen molar-refractivity contribution in [1.29, 1.82) is 0 Å². The van der Waals surface area contributed by atoms with Crippen molar-refractivity contribution in [2.75, 3.05) is 19.6 Å². The molecule has 0 aromatic rings. The third-order valence-corrected chi connectivity index (χ3v) is 3.54. The molecule has 1 heterocycles. The van der Waals surface area contributed by atoms with Gasteiger partial charge in [-0.05, 0) is 12.8 Å². The van der Waals surface area contributed by atoms with Crippen LogP contribution in [0, 0.1) is 0 Å². The van der Waals surface area contributed by atoms with E-state index in [-0.39, 0.29) is 0 Å². The van der Waals surface area contributed by atoms with Crippen LogP contribution < -0.4 is 10.6 Å². The average Bonchev–Trinajstić information content (AvgIpc) is 2.28. The van der Waals surface area contributed by atoms with Crippen LogP contribution in [0.4, 0.5) is 0 Å². The van der Waals surface area contributed by atoms with E-state index in [2.05, 4.69) is 10.6 Å². The van der Waals surface area contributed by atoms with Crippen LogP contribution in [0.15, 0.2) is 0 Å². The summed E-state index contributed by atoms with van der Waals surface area (Å²) in [5.41, 5.74) is -0.411. The fourth-order valence-corrected chi connectivity index (χ4v) is 2.33. The van der Waals surface area contributed by atoms with Crippen molar-refractivity contribution in [3.8, 4) is 0 Å². The Morgan fingerprint density at radius 2 is 1.79 bits per heavy atom. The Hall–Kier alpha value is -0.120. The van der Waals surface area contributed by atoms with Gasteiger partial charge < -0.3 is 15.7 Å². The van der Waals surface area contributed by atoms with Gasteiger partial charge in [0, 0.05) is 25.7 Å². The zero-order valence-electron chi connectivity index (χ0n) is 8.89. The molecule has 0 bridgehead atoms. The molecule has 3 heteroatoms. The molecule has 0 radical (unpaired) electrons. The van der Waals surface area contributed by atoms with Crippen molar-refractivity contribution in [2.24, 2.45) is 0 Å². The zero-order valence-corrected chi connectivity index (χ0v) is 8.89. The van der Waals surface area contributed by atoms with E-state index in [1.807, 2.05) is 0 Å². The molecule has 0 atom stereocenters. The van der Waals surface area contributed by atoms with Crippen LogP contribution in [0.3, 0.4) is 0 Å². The van der Waals surface area contributed by atoms with Crippen molar-refractivity contribution < 1.29 is 5.11 Å². The Kier molecular flexibility index (Phi) is 3.42. The molecular weight excluding hydrogens is 176 g/mol. The highest BCUT2D eigenvalue weighted by Crippen LogP contribution is 2.26. The Bertz CT molecular complexity index is 172. The van der Waals surface area contributed by atoms with Gasteiger partial charge >= 0.3 is 0 Å². The van der Waals surface area contributed by atoms with Gasteiger partial charge in [-0.2, -0.15) is 0 Å². The molecule has 1 saturated heterocycles. The van der Waals surface area contributed by atoms with Gasteiger partial charge in [0.15, 0.2) is 0 Å². The van der Waals surface area contributed by atoms with E-state index in [1.165, 1.54) is 25.7 Å². The zero-order chi connectivity index (χ0) is 9.86. The Balaban J connectivity index is 1.74. The second-order valence-corrected chi connectivity index (χ2v) is 4.87. The maximum Gasteiger partial charge on any atom is 0.0771 e. The maximum atomic E-state index is 10.3. The third-order valence-electron chi connectivity index (χ3n) is 3.54. The molecule has 0 aromatic carbocycles. The second-order valence-electron chi connectivity index (χ2n) is 4.87. The predicted octanol–water partition coefficient (Wildman–Crippen LogP) is 0.633. The number of rotatable bonds is 3. The number of hydrogen-bond donors (Lipinski definition) is 3. The molecule has 2 rings (SSSR count). The lowest BCUT2D eigenvalue weighted by Gasteiger charge is -2.33. The molecular formula is C11H22N2O. The highest BCUT2D eigenvalue weighted by atomic mass is 16.3. The van der Waals surface area contributed by atoms with E-state index in [0.717, 1.165) is 32.5 Å². The first-order valence-electron chi connectivity index (χ1n) is 5.95. The SMILES string of the molecule is OC1(CNC2CNC2)CCCCCC1. The summed E-state index contributed by atoms with van der Waals surface area (Å²) in [6.45, 7) is 2.92.